The van der Waals surface area contributed by atoms with Crippen LogP contribution in [0.15, 0.2) is 10.6 Å². The van der Waals surface area contributed by atoms with Crippen LogP contribution in [0.2, 0.25) is 0 Å². The lowest BCUT2D eigenvalue weighted by Gasteiger charge is -1.99. The van der Waals surface area contributed by atoms with Gasteiger partial charge in [-0.15, -0.1) is 0 Å². The predicted molar refractivity (Wildman–Crippen MR) is 36.5 cm³/mol. The summed E-state index contributed by atoms with van der Waals surface area (Å²) in [6, 6.07) is 1.74. The Morgan fingerprint density at radius 3 is 2.90 bits per heavy atom. The number of nitrogens with zero attached hydrogens (tertiary/aromatic N) is 1. The maximum absolute atomic E-state index is 9.22. The fourth-order valence-corrected chi connectivity index (χ4v) is 0.752. The van der Waals surface area contributed by atoms with Gasteiger partial charge in [-0.25, -0.2) is 0 Å². The lowest BCUT2D eigenvalue weighted by atomic mass is 10.2. The van der Waals surface area contributed by atoms with Gasteiger partial charge in [0.25, 0.3) is 0 Å². The van der Waals surface area contributed by atoms with Crippen LogP contribution >= 0.6 is 0 Å². The van der Waals surface area contributed by atoms with Gasteiger partial charge in [-0.05, 0) is 13.3 Å². The molecule has 0 bridgehead atoms. The van der Waals surface area contributed by atoms with Gasteiger partial charge in [0.15, 0.2) is 0 Å². The van der Waals surface area contributed by atoms with Crippen LogP contribution in [0.25, 0.3) is 0 Å². The fourth-order valence-electron chi connectivity index (χ4n) is 0.752. The first kappa shape index (κ1) is 7.28. The smallest absolute Gasteiger partial charge is 0.134 e. The van der Waals surface area contributed by atoms with E-state index in [4.69, 9.17) is 4.52 Å². The van der Waals surface area contributed by atoms with Crippen LogP contribution in [0.3, 0.4) is 0 Å². The molecule has 1 unspecified atom stereocenters. The number of hydrogen-bond donors (Lipinski definition) is 1. The maximum Gasteiger partial charge on any atom is 0.134 e. The quantitative estimate of drug-likeness (QED) is 0.677. The molecule has 0 fully saturated rings. The molecule has 0 spiro atoms. The minimum Gasteiger partial charge on any atom is -0.387 e. The van der Waals surface area contributed by atoms with E-state index in [2.05, 4.69) is 5.16 Å². The molecular weight excluding hydrogens is 130 g/mol. The summed E-state index contributed by atoms with van der Waals surface area (Å²) < 4.78 is 4.78. The van der Waals surface area contributed by atoms with Crippen molar-refractivity contribution >= 4 is 0 Å². The Bertz CT molecular complexity index is 207. The Morgan fingerprint density at radius 2 is 2.50 bits per heavy atom. The summed E-state index contributed by atoms with van der Waals surface area (Å²) in [5.41, 5.74) is 0.625. The van der Waals surface area contributed by atoms with Gasteiger partial charge in [-0.3, -0.25) is 0 Å². The molecule has 1 heterocycles. The van der Waals surface area contributed by atoms with E-state index in [9.17, 15) is 5.11 Å². The van der Waals surface area contributed by atoms with Crippen LogP contribution in [0.5, 0.6) is 0 Å². The molecular formula is C7H11NO2. The molecule has 1 rings (SSSR count). The second-order valence-electron chi connectivity index (χ2n) is 2.29. The van der Waals surface area contributed by atoms with Crippen molar-refractivity contribution in [2.24, 2.45) is 0 Å². The molecule has 0 radical (unpaired) electrons. The maximum atomic E-state index is 9.22. The van der Waals surface area contributed by atoms with Crippen LogP contribution in [0.4, 0.5) is 0 Å². The highest BCUT2D eigenvalue weighted by atomic mass is 16.5. The van der Waals surface area contributed by atoms with Crippen molar-refractivity contribution in [3.63, 3.8) is 0 Å². The molecule has 1 N–H and O–H groups in total. The standard InChI is InChI=1S/C7H11NO2/c1-3-7(9)6-4-5(2)10-8-6/h4,7,9H,3H2,1-2H3. The monoisotopic (exact) mass is 141 g/mol. The average molecular weight is 141 g/mol. The fraction of sp³-hybridized carbons (Fsp3) is 0.571. The van der Waals surface area contributed by atoms with Gasteiger partial charge >= 0.3 is 0 Å². The van der Waals surface area contributed by atoms with Gasteiger partial charge in [-0.1, -0.05) is 12.1 Å². The molecule has 3 nitrogen and oxygen atoms in total. The highest BCUT2D eigenvalue weighted by Gasteiger charge is 2.08. The SMILES string of the molecule is CCC(O)c1cc(C)on1. The molecule has 0 saturated carbocycles. The van der Waals surface area contributed by atoms with E-state index in [1.165, 1.54) is 0 Å². The van der Waals surface area contributed by atoms with E-state index in [1.54, 1.807) is 13.0 Å². The molecule has 0 aliphatic heterocycles. The summed E-state index contributed by atoms with van der Waals surface area (Å²) in [5.74, 6) is 0.738. The van der Waals surface area contributed by atoms with Gasteiger partial charge < -0.3 is 9.63 Å². The van der Waals surface area contributed by atoms with E-state index in [0.717, 1.165) is 5.76 Å². The van der Waals surface area contributed by atoms with Crippen LogP contribution in [0.1, 0.15) is 30.9 Å². The highest BCUT2D eigenvalue weighted by molar-refractivity contribution is 5.05. The van der Waals surface area contributed by atoms with Gasteiger partial charge in [0.2, 0.25) is 0 Å². The lowest BCUT2D eigenvalue weighted by Crippen LogP contribution is -1.93. The second kappa shape index (κ2) is 2.84. The summed E-state index contributed by atoms with van der Waals surface area (Å²) in [7, 11) is 0. The third kappa shape index (κ3) is 1.36. The molecule has 10 heavy (non-hydrogen) atoms. The molecule has 0 aliphatic rings. The predicted octanol–water partition coefficient (Wildman–Crippen LogP) is 1.43. The van der Waals surface area contributed by atoms with Crippen molar-refractivity contribution in [2.45, 2.75) is 26.4 Å². The van der Waals surface area contributed by atoms with E-state index in [0.29, 0.717) is 12.1 Å². The summed E-state index contributed by atoms with van der Waals surface area (Å²) in [6.45, 7) is 3.70. The zero-order chi connectivity index (χ0) is 7.56. The first-order chi connectivity index (χ1) is 4.74. The molecule has 1 atom stereocenters. The van der Waals surface area contributed by atoms with E-state index < -0.39 is 6.10 Å². The lowest BCUT2D eigenvalue weighted by molar-refractivity contribution is 0.163. The Morgan fingerprint density at radius 1 is 1.80 bits per heavy atom. The van der Waals surface area contributed by atoms with Crippen molar-refractivity contribution in [1.29, 1.82) is 0 Å². The van der Waals surface area contributed by atoms with Crippen molar-refractivity contribution in [2.75, 3.05) is 0 Å². The second-order valence-corrected chi connectivity index (χ2v) is 2.29. The summed E-state index contributed by atoms with van der Waals surface area (Å²) in [5, 5.41) is 12.9. The number of rotatable bonds is 2. The van der Waals surface area contributed by atoms with Crippen molar-refractivity contribution in [1.82, 2.24) is 5.16 Å². The van der Waals surface area contributed by atoms with Gasteiger partial charge in [0, 0.05) is 6.07 Å². The highest BCUT2D eigenvalue weighted by Crippen LogP contribution is 2.14. The number of aromatic nitrogens is 1. The first-order valence-corrected chi connectivity index (χ1v) is 3.35. The minimum atomic E-state index is -0.475. The Hall–Kier alpha value is -0.830. The van der Waals surface area contributed by atoms with Crippen molar-refractivity contribution in [3.8, 4) is 0 Å². The van der Waals surface area contributed by atoms with E-state index in [1.807, 2.05) is 6.92 Å². The normalized spacial score (nSPS) is 13.5. The van der Waals surface area contributed by atoms with E-state index >= 15 is 0 Å². The topological polar surface area (TPSA) is 46.3 Å². The Labute approximate surface area is 59.7 Å². The van der Waals surface area contributed by atoms with Gasteiger partial charge in [0.1, 0.15) is 11.5 Å². The van der Waals surface area contributed by atoms with E-state index in [-0.39, 0.29) is 0 Å². The molecule has 1 aromatic heterocycles. The zero-order valence-electron chi connectivity index (χ0n) is 6.16. The number of hydrogen-bond acceptors (Lipinski definition) is 3. The molecule has 0 aliphatic carbocycles. The van der Waals surface area contributed by atoms with Crippen LogP contribution in [-0.2, 0) is 0 Å². The molecule has 0 aromatic carbocycles. The number of aryl methyl sites for hydroxylation is 1. The third-order valence-electron chi connectivity index (χ3n) is 1.37. The van der Waals surface area contributed by atoms with Gasteiger partial charge in [-0.2, -0.15) is 0 Å². The third-order valence-corrected chi connectivity index (χ3v) is 1.37. The van der Waals surface area contributed by atoms with Gasteiger partial charge in [0.05, 0.1) is 6.10 Å². The molecule has 0 amide bonds. The minimum absolute atomic E-state index is 0.475. The summed E-state index contributed by atoms with van der Waals surface area (Å²) >= 11 is 0. The zero-order valence-corrected chi connectivity index (χ0v) is 6.16. The van der Waals surface area contributed by atoms with Crippen LogP contribution < -0.4 is 0 Å². The van der Waals surface area contributed by atoms with Crippen molar-refractivity contribution in [3.05, 3.63) is 17.5 Å². The summed E-state index contributed by atoms with van der Waals surface area (Å²) in [4.78, 5) is 0. The largest absolute Gasteiger partial charge is 0.387 e. The Balaban J connectivity index is 2.74. The molecule has 56 valence electrons. The summed E-state index contributed by atoms with van der Waals surface area (Å²) in [6.07, 6.45) is 0.198. The molecule has 0 saturated heterocycles. The Kier molecular flexibility index (Phi) is 2.06. The number of aliphatic hydroxyl groups excluding tert-OH is 1. The van der Waals surface area contributed by atoms with Crippen LogP contribution in [-0.4, -0.2) is 10.3 Å². The average Bonchev–Trinajstić information content (AvgIpc) is 2.34. The van der Waals surface area contributed by atoms with Crippen molar-refractivity contribution < 1.29 is 9.63 Å². The molecule has 3 heteroatoms. The van der Waals surface area contributed by atoms with Crippen LogP contribution in [0, 0.1) is 6.92 Å². The molecule has 1 aromatic rings. The number of aliphatic hydroxyl groups is 1. The first-order valence-electron chi connectivity index (χ1n) is 3.35.